The number of hydrogen-bond donors (Lipinski definition) is 0. The zero-order valence-electron chi connectivity index (χ0n) is 18.1. The van der Waals surface area contributed by atoms with Crippen LogP contribution in [0.5, 0.6) is 0 Å². The van der Waals surface area contributed by atoms with Gasteiger partial charge >= 0.3 is 0 Å². The molecule has 0 aromatic heterocycles. The van der Waals surface area contributed by atoms with Gasteiger partial charge in [-0.1, -0.05) is 62.2 Å². The van der Waals surface area contributed by atoms with Gasteiger partial charge in [-0.05, 0) is 30.4 Å². The molecule has 1 heterocycles. The van der Waals surface area contributed by atoms with Gasteiger partial charge in [-0.2, -0.15) is 5.01 Å². The fraction of sp³-hybridized carbons (Fsp3) is 0.333. The molecular formula is C24H19Br2N3O6. The topological polar surface area (TPSA) is 118 Å². The molecule has 35 heavy (non-hydrogen) atoms. The third kappa shape index (κ3) is 3.81. The summed E-state index contributed by atoms with van der Waals surface area (Å²) in [6, 6.07) is 13.1. The van der Waals surface area contributed by atoms with E-state index in [-0.39, 0.29) is 32.7 Å². The van der Waals surface area contributed by atoms with Gasteiger partial charge in [-0.25, -0.2) is 5.01 Å². The highest BCUT2D eigenvalue weighted by molar-refractivity contribution is 9.12. The van der Waals surface area contributed by atoms with E-state index in [9.17, 15) is 29.3 Å². The van der Waals surface area contributed by atoms with Crippen LogP contribution in [0.4, 0.5) is 5.69 Å². The number of nitro benzene ring substituents is 1. The van der Waals surface area contributed by atoms with E-state index in [0.29, 0.717) is 5.56 Å². The third-order valence-corrected chi connectivity index (χ3v) is 10.4. The first kappa shape index (κ1) is 23.8. The van der Waals surface area contributed by atoms with Crippen LogP contribution in [0.1, 0.15) is 27.1 Å². The molecule has 3 fully saturated rings. The molecule has 1 saturated heterocycles. The van der Waals surface area contributed by atoms with E-state index in [2.05, 4.69) is 31.9 Å². The molecular weight excluding hydrogens is 586 g/mol. The molecule has 0 radical (unpaired) electrons. The van der Waals surface area contributed by atoms with Crippen molar-refractivity contribution < 1.29 is 24.1 Å². The highest BCUT2D eigenvalue weighted by Gasteiger charge is 2.67. The van der Waals surface area contributed by atoms with Crippen molar-refractivity contribution in [1.82, 2.24) is 10.0 Å². The Labute approximate surface area is 216 Å². The summed E-state index contributed by atoms with van der Waals surface area (Å²) in [6.45, 7) is -0.526. The van der Waals surface area contributed by atoms with Crippen molar-refractivity contribution in [2.75, 3.05) is 6.54 Å². The third-order valence-electron chi connectivity index (χ3n) is 7.15. The quantitative estimate of drug-likeness (QED) is 0.163. The number of carbonyl (C=O) groups excluding carboxylic acids is 4. The number of fused-ring (bicyclic) bond motifs is 5. The Morgan fingerprint density at radius 1 is 0.914 bits per heavy atom. The summed E-state index contributed by atoms with van der Waals surface area (Å²) in [5.41, 5.74) is 0.142. The van der Waals surface area contributed by atoms with E-state index < -0.39 is 46.8 Å². The number of nitro groups is 1. The van der Waals surface area contributed by atoms with Gasteiger partial charge in [0.15, 0.2) is 5.78 Å². The molecule has 180 valence electrons. The average Bonchev–Trinajstić information content (AvgIpc) is 3.47. The predicted molar refractivity (Wildman–Crippen MR) is 131 cm³/mol. The van der Waals surface area contributed by atoms with Gasteiger partial charge in [0.25, 0.3) is 23.4 Å². The summed E-state index contributed by atoms with van der Waals surface area (Å²) in [7, 11) is 0. The molecule has 6 atom stereocenters. The Kier molecular flexibility index (Phi) is 6.08. The zero-order valence-corrected chi connectivity index (χ0v) is 21.3. The minimum Gasteiger partial charge on any atom is -0.292 e. The average molecular weight is 605 g/mol. The first-order chi connectivity index (χ1) is 16.7. The number of halogens is 2. The van der Waals surface area contributed by atoms with Gasteiger partial charge in [-0.15, -0.1) is 0 Å². The number of imide groups is 1. The van der Waals surface area contributed by atoms with E-state index in [1.54, 1.807) is 30.3 Å². The lowest BCUT2D eigenvalue weighted by Gasteiger charge is -2.30. The number of benzene rings is 2. The number of carbonyl (C=O) groups is 4. The van der Waals surface area contributed by atoms with Crippen LogP contribution in [0.15, 0.2) is 54.6 Å². The van der Waals surface area contributed by atoms with Crippen LogP contribution in [-0.2, 0) is 9.59 Å². The molecule has 9 nitrogen and oxygen atoms in total. The van der Waals surface area contributed by atoms with E-state index in [0.717, 1.165) is 28.6 Å². The number of nitrogens with zero attached hydrogens (tertiary/aromatic N) is 3. The standard InChI is InChI=1S/C24H19Br2N3O6/c25-20-15-10-16(21(20)26)19-18(15)23(32)28(24(19)33)27(11-17(30)12-4-2-1-3-5-12)22(31)13-6-8-14(9-7-13)29(34)35/h1-9,15-16,18-21H,10-11H2/t15-,16-,18-,19+,20-,21+/m1/s1. The number of non-ortho nitro benzene ring substituents is 1. The Balaban J connectivity index is 1.50. The molecule has 0 unspecified atom stereocenters. The van der Waals surface area contributed by atoms with E-state index >= 15 is 0 Å². The molecule has 2 saturated carbocycles. The van der Waals surface area contributed by atoms with Crippen LogP contribution in [0.2, 0.25) is 0 Å². The number of hydrogen-bond acceptors (Lipinski definition) is 6. The van der Waals surface area contributed by atoms with Gasteiger partial charge in [0.05, 0.1) is 16.8 Å². The normalized spacial score (nSPS) is 28.8. The van der Waals surface area contributed by atoms with Crippen molar-refractivity contribution in [3.05, 3.63) is 75.8 Å². The molecule has 11 heteroatoms. The molecule has 3 amide bonds. The molecule has 2 aromatic rings. The Bertz CT molecular complexity index is 1210. The number of hydrazine groups is 1. The Morgan fingerprint density at radius 2 is 1.46 bits per heavy atom. The van der Waals surface area contributed by atoms with Crippen molar-refractivity contribution in [3.8, 4) is 0 Å². The van der Waals surface area contributed by atoms with Gasteiger partial charge < -0.3 is 0 Å². The lowest BCUT2D eigenvalue weighted by atomic mass is 9.81. The Morgan fingerprint density at radius 3 is 1.97 bits per heavy atom. The number of Topliss-reactive ketones (excluding diaryl/α,β-unsaturated/α-hetero) is 1. The number of rotatable bonds is 6. The molecule has 1 aliphatic heterocycles. The number of alkyl halides is 2. The van der Waals surface area contributed by atoms with Crippen molar-refractivity contribution in [2.24, 2.45) is 23.7 Å². The summed E-state index contributed by atoms with van der Waals surface area (Å²) >= 11 is 7.28. The highest BCUT2D eigenvalue weighted by Crippen LogP contribution is 2.60. The summed E-state index contributed by atoms with van der Waals surface area (Å²) in [5.74, 6) is -3.44. The minimum atomic E-state index is -0.760. The van der Waals surface area contributed by atoms with E-state index in [1.807, 2.05) is 0 Å². The van der Waals surface area contributed by atoms with Crippen LogP contribution in [0.3, 0.4) is 0 Å². The number of ketones is 1. The van der Waals surface area contributed by atoms with Crippen LogP contribution >= 0.6 is 31.9 Å². The molecule has 2 aromatic carbocycles. The molecule has 2 bridgehead atoms. The van der Waals surface area contributed by atoms with Gasteiger partial charge in [0, 0.05) is 32.9 Å². The van der Waals surface area contributed by atoms with Crippen LogP contribution in [-0.4, -0.2) is 54.6 Å². The lowest BCUT2D eigenvalue weighted by molar-refractivity contribution is -0.384. The second-order valence-corrected chi connectivity index (χ2v) is 11.1. The van der Waals surface area contributed by atoms with Crippen LogP contribution in [0, 0.1) is 33.8 Å². The maximum atomic E-state index is 13.6. The zero-order chi connectivity index (χ0) is 25.0. The lowest BCUT2D eigenvalue weighted by Crippen LogP contribution is -2.52. The second kappa shape index (κ2) is 8.94. The number of amides is 3. The first-order valence-corrected chi connectivity index (χ1v) is 12.8. The van der Waals surface area contributed by atoms with Gasteiger partial charge in [-0.3, -0.25) is 29.3 Å². The van der Waals surface area contributed by atoms with E-state index in [4.69, 9.17) is 0 Å². The molecule has 3 aliphatic rings. The summed E-state index contributed by atoms with van der Waals surface area (Å²) in [6.07, 6.45) is 0.728. The SMILES string of the molecule is O=C(CN(C(=O)c1ccc([N+](=O)[O-])cc1)N1C(=O)[C@@H]2[C@H]3C[C@@H]([C@H](Br)[C@@H]3Br)[C@@H]2C1=O)c1ccccc1. The summed E-state index contributed by atoms with van der Waals surface area (Å²) in [4.78, 5) is 64.1. The van der Waals surface area contributed by atoms with Crippen molar-refractivity contribution in [3.63, 3.8) is 0 Å². The Hall–Kier alpha value is -2.92. The maximum Gasteiger partial charge on any atom is 0.273 e. The fourth-order valence-electron chi connectivity index (χ4n) is 5.53. The predicted octanol–water partition coefficient (Wildman–Crippen LogP) is 3.61. The highest BCUT2D eigenvalue weighted by atomic mass is 79.9. The van der Waals surface area contributed by atoms with Gasteiger partial charge in [0.1, 0.15) is 6.54 Å². The fourth-order valence-corrected chi connectivity index (χ4v) is 7.40. The van der Waals surface area contributed by atoms with E-state index in [1.165, 1.54) is 12.1 Å². The molecule has 5 rings (SSSR count). The summed E-state index contributed by atoms with van der Waals surface area (Å²) < 4.78 is 0. The minimum absolute atomic E-state index is 0.0221. The van der Waals surface area contributed by atoms with Gasteiger partial charge in [0.2, 0.25) is 0 Å². The smallest absolute Gasteiger partial charge is 0.273 e. The molecule has 0 spiro atoms. The molecule has 2 aliphatic carbocycles. The maximum absolute atomic E-state index is 13.6. The van der Waals surface area contributed by atoms with Crippen molar-refractivity contribution >= 4 is 61.1 Å². The van der Waals surface area contributed by atoms with Crippen molar-refractivity contribution in [1.29, 1.82) is 0 Å². The second-order valence-electron chi connectivity index (χ2n) is 8.95. The largest absolute Gasteiger partial charge is 0.292 e. The first-order valence-electron chi connectivity index (χ1n) is 11.0. The van der Waals surface area contributed by atoms with Crippen molar-refractivity contribution in [2.45, 2.75) is 16.1 Å². The van der Waals surface area contributed by atoms with Crippen LogP contribution < -0.4 is 0 Å². The van der Waals surface area contributed by atoms with Crippen LogP contribution in [0.25, 0.3) is 0 Å². The summed E-state index contributed by atoms with van der Waals surface area (Å²) in [5, 5.41) is 12.7. The monoisotopic (exact) mass is 603 g/mol. The molecule has 0 N–H and O–H groups in total.